The van der Waals surface area contributed by atoms with Crippen molar-refractivity contribution in [2.24, 2.45) is 0 Å². The maximum absolute atomic E-state index is 13.5. The number of hydrogen-bond acceptors (Lipinski definition) is 4. The summed E-state index contributed by atoms with van der Waals surface area (Å²) in [6.45, 7) is -0.0601. The molecule has 2 aromatic carbocycles. The number of hydrogen-bond donors (Lipinski definition) is 2. The lowest BCUT2D eigenvalue weighted by Gasteiger charge is -2.34. The number of fused-ring (bicyclic) bond motifs is 1. The zero-order chi connectivity index (χ0) is 17.4. The smallest absolute Gasteiger partial charge is 0.240 e. The number of sulfonamides is 1. The number of nitrogens with one attached hydrogen (secondary N) is 1. The highest BCUT2D eigenvalue weighted by atomic mass is 79.9. The zero-order valence-electron chi connectivity index (χ0n) is 12.5. The van der Waals surface area contributed by atoms with Crippen LogP contribution in [-0.4, -0.2) is 26.7 Å². The van der Waals surface area contributed by atoms with Crippen LogP contribution < -0.4 is 9.46 Å². The molecular weight excluding hydrogens is 401 g/mol. The van der Waals surface area contributed by atoms with Crippen molar-refractivity contribution < 1.29 is 22.7 Å². The fourth-order valence-corrected chi connectivity index (χ4v) is 4.26. The monoisotopic (exact) mass is 415 g/mol. The third-order valence-corrected chi connectivity index (χ3v) is 5.77. The highest BCUT2D eigenvalue weighted by Gasteiger charge is 2.37. The van der Waals surface area contributed by atoms with Gasteiger partial charge in [0.2, 0.25) is 10.0 Å². The van der Waals surface area contributed by atoms with E-state index >= 15 is 0 Å². The summed E-state index contributed by atoms with van der Waals surface area (Å²) in [5.41, 5.74) is -1.29. The van der Waals surface area contributed by atoms with E-state index in [0.717, 1.165) is 0 Å². The van der Waals surface area contributed by atoms with Crippen LogP contribution in [0.15, 0.2) is 51.8 Å². The summed E-state index contributed by atoms with van der Waals surface area (Å²) in [7, 11) is -3.81. The molecule has 128 valence electrons. The molecule has 0 saturated carbocycles. The molecule has 1 heterocycles. The lowest BCUT2D eigenvalue weighted by atomic mass is 9.88. The van der Waals surface area contributed by atoms with Crippen LogP contribution in [0.25, 0.3) is 0 Å². The van der Waals surface area contributed by atoms with Crippen LogP contribution in [0.4, 0.5) is 4.39 Å². The Morgan fingerprint density at radius 1 is 1.29 bits per heavy atom. The summed E-state index contributed by atoms with van der Waals surface area (Å²) >= 11 is 3.22. The minimum absolute atomic E-state index is 0.0759. The minimum Gasteiger partial charge on any atom is -0.493 e. The topological polar surface area (TPSA) is 75.6 Å². The van der Waals surface area contributed by atoms with E-state index < -0.39 is 21.4 Å². The average Bonchev–Trinajstić information content (AvgIpc) is 2.54. The van der Waals surface area contributed by atoms with Crippen LogP contribution in [0.5, 0.6) is 5.75 Å². The molecule has 0 amide bonds. The molecule has 1 aliphatic rings. The van der Waals surface area contributed by atoms with Crippen molar-refractivity contribution >= 4 is 26.0 Å². The van der Waals surface area contributed by atoms with Gasteiger partial charge in [0.1, 0.15) is 17.2 Å². The molecule has 0 saturated heterocycles. The first kappa shape index (κ1) is 17.3. The molecule has 2 N–H and O–H groups in total. The number of aliphatic hydroxyl groups is 1. The van der Waals surface area contributed by atoms with Gasteiger partial charge < -0.3 is 9.84 Å². The summed E-state index contributed by atoms with van der Waals surface area (Å²) in [5.74, 6) is -0.167. The van der Waals surface area contributed by atoms with Crippen molar-refractivity contribution in [3.63, 3.8) is 0 Å². The van der Waals surface area contributed by atoms with Crippen molar-refractivity contribution in [3.05, 3.63) is 58.3 Å². The summed E-state index contributed by atoms with van der Waals surface area (Å²) in [6.07, 6.45) is 0.157. The lowest BCUT2D eigenvalue weighted by Crippen LogP contribution is -2.44. The number of ether oxygens (including phenoxy) is 1. The Hall–Kier alpha value is -1.48. The van der Waals surface area contributed by atoms with Gasteiger partial charge in [-0.1, -0.05) is 22.0 Å². The second-order valence-electron chi connectivity index (χ2n) is 5.55. The van der Waals surface area contributed by atoms with E-state index in [0.29, 0.717) is 10.2 Å². The summed E-state index contributed by atoms with van der Waals surface area (Å²) in [6, 6.07) is 10.1. The molecule has 2 aromatic rings. The van der Waals surface area contributed by atoms with Gasteiger partial charge in [0.05, 0.1) is 11.5 Å². The summed E-state index contributed by atoms with van der Waals surface area (Å²) in [4.78, 5) is 0.0759. The van der Waals surface area contributed by atoms with Crippen molar-refractivity contribution in [1.82, 2.24) is 4.72 Å². The molecule has 0 aromatic heterocycles. The molecule has 1 unspecified atom stereocenters. The van der Waals surface area contributed by atoms with Crippen LogP contribution in [0.1, 0.15) is 12.0 Å². The van der Waals surface area contributed by atoms with E-state index in [9.17, 15) is 17.9 Å². The van der Waals surface area contributed by atoms with Crippen molar-refractivity contribution in [3.8, 4) is 5.75 Å². The van der Waals surface area contributed by atoms with Gasteiger partial charge in [0, 0.05) is 23.0 Å². The third-order valence-electron chi connectivity index (χ3n) is 3.88. The fraction of sp³-hybridized carbons (Fsp3) is 0.250. The first-order valence-corrected chi connectivity index (χ1v) is 9.48. The van der Waals surface area contributed by atoms with E-state index in [1.807, 2.05) is 0 Å². The Bertz CT molecular complexity index is 874. The Kier molecular flexibility index (Phi) is 4.65. The second-order valence-corrected chi connectivity index (χ2v) is 8.24. The first-order valence-electron chi connectivity index (χ1n) is 7.21. The SMILES string of the molecule is O=S(=O)(NCC1(O)CCOc2ccc(F)cc21)c1cccc(Br)c1. The first-order chi connectivity index (χ1) is 11.3. The molecule has 24 heavy (non-hydrogen) atoms. The molecule has 8 heteroatoms. The average molecular weight is 416 g/mol. The van der Waals surface area contributed by atoms with Crippen LogP contribution in [0.2, 0.25) is 0 Å². The number of rotatable bonds is 4. The van der Waals surface area contributed by atoms with Crippen LogP contribution in [0.3, 0.4) is 0 Å². The molecule has 0 radical (unpaired) electrons. The van der Waals surface area contributed by atoms with Gasteiger partial charge >= 0.3 is 0 Å². The molecular formula is C16H15BrFNO4S. The Morgan fingerprint density at radius 3 is 2.83 bits per heavy atom. The fourth-order valence-electron chi connectivity index (χ4n) is 2.57. The van der Waals surface area contributed by atoms with Crippen molar-refractivity contribution in [2.45, 2.75) is 16.9 Å². The van der Waals surface area contributed by atoms with Crippen LogP contribution >= 0.6 is 15.9 Å². The van der Waals surface area contributed by atoms with Gasteiger partial charge in [-0.2, -0.15) is 0 Å². The predicted octanol–water partition coefficient (Wildman–Crippen LogP) is 2.54. The largest absolute Gasteiger partial charge is 0.493 e. The second kappa shape index (κ2) is 6.44. The number of benzene rings is 2. The van der Waals surface area contributed by atoms with Crippen molar-refractivity contribution in [1.29, 1.82) is 0 Å². The van der Waals surface area contributed by atoms with Gasteiger partial charge in [-0.25, -0.2) is 17.5 Å². The standard InChI is InChI=1S/C16H15BrFNO4S/c17-11-2-1-3-13(8-11)24(21,22)19-10-16(20)6-7-23-15-5-4-12(18)9-14(15)16/h1-5,8-9,19-20H,6-7,10H2. The highest BCUT2D eigenvalue weighted by molar-refractivity contribution is 9.10. The van der Waals surface area contributed by atoms with E-state index in [4.69, 9.17) is 4.74 Å². The van der Waals surface area contributed by atoms with E-state index in [-0.39, 0.29) is 30.0 Å². The lowest BCUT2D eigenvalue weighted by molar-refractivity contribution is 0.00184. The van der Waals surface area contributed by atoms with E-state index in [2.05, 4.69) is 20.7 Å². The molecule has 0 spiro atoms. The predicted molar refractivity (Wildman–Crippen MR) is 89.7 cm³/mol. The van der Waals surface area contributed by atoms with Crippen LogP contribution in [0, 0.1) is 5.82 Å². The Morgan fingerprint density at radius 2 is 2.08 bits per heavy atom. The third kappa shape index (κ3) is 3.46. The van der Waals surface area contributed by atoms with Gasteiger partial charge in [-0.15, -0.1) is 0 Å². The molecule has 5 nitrogen and oxygen atoms in total. The Balaban J connectivity index is 1.86. The highest BCUT2D eigenvalue weighted by Crippen LogP contribution is 2.37. The maximum Gasteiger partial charge on any atom is 0.240 e. The van der Waals surface area contributed by atoms with Crippen LogP contribution in [-0.2, 0) is 15.6 Å². The maximum atomic E-state index is 13.5. The molecule has 0 fully saturated rings. The van der Waals surface area contributed by atoms with Crippen molar-refractivity contribution in [2.75, 3.05) is 13.2 Å². The minimum atomic E-state index is -3.81. The normalized spacial score (nSPS) is 20.3. The van der Waals surface area contributed by atoms with E-state index in [1.165, 1.54) is 30.3 Å². The van der Waals surface area contributed by atoms with Gasteiger partial charge in [-0.05, 0) is 36.4 Å². The Labute approximate surface area is 147 Å². The molecule has 1 aliphatic heterocycles. The molecule has 1 atom stereocenters. The van der Waals surface area contributed by atoms with Gasteiger partial charge in [0.25, 0.3) is 0 Å². The van der Waals surface area contributed by atoms with E-state index in [1.54, 1.807) is 12.1 Å². The summed E-state index contributed by atoms with van der Waals surface area (Å²) < 4.78 is 46.7. The number of halogens is 2. The van der Waals surface area contributed by atoms with Gasteiger partial charge in [-0.3, -0.25) is 0 Å². The van der Waals surface area contributed by atoms with Gasteiger partial charge in [0.15, 0.2) is 0 Å². The molecule has 0 bridgehead atoms. The quantitative estimate of drug-likeness (QED) is 0.804. The summed E-state index contributed by atoms with van der Waals surface area (Å²) in [5, 5.41) is 10.8. The molecule has 3 rings (SSSR count). The zero-order valence-corrected chi connectivity index (χ0v) is 14.9. The molecule has 0 aliphatic carbocycles.